The molecule has 0 saturated carbocycles. The van der Waals surface area contributed by atoms with E-state index in [9.17, 15) is 18.5 Å². The molecule has 1 aromatic carbocycles. The number of sulfonamides is 1. The van der Waals surface area contributed by atoms with Crippen LogP contribution in [-0.2, 0) is 10.0 Å². The highest BCUT2D eigenvalue weighted by atomic mass is 32.2. The van der Waals surface area contributed by atoms with E-state index in [1.54, 1.807) is 13.8 Å². The molecular weight excluding hydrogens is 284 g/mol. The van der Waals surface area contributed by atoms with Crippen molar-refractivity contribution >= 4 is 21.4 Å². The fraction of sp³-hybridized carbons (Fsp3) is 0.182. The summed E-state index contributed by atoms with van der Waals surface area (Å²) in [5.74, 6) is 0. The number of nitrogens with zero attached hydrogens (tertiary/aromatic N) is 2. The molecule has 2 rings (SSSR count). The van der Waals surface area contributed by atoms with Gasteiger partial charge in [0.25, 0.3) is 15.7 Å². The molecule has 2 N–H and O–H groups in total. The van der Waals surface area contributed by atoms with E-state index < -0.39 is 14.9 Å². The number of hydrogen-bond donors (Lipinski definition) is 2. The minimum atomic E-state index is -3.82. The number of aromatic amines is 1. The van der Waals surface area contributed by atoms with Gasteiger partial charge in [-0.15, -0.1) is 0 Å². The summed E-state index contributed by atoms with van der Waals surface area (Å²) in [6.07, 6.45) is 1.18. The van der Waals surface area contributed by atoms with Crippen LogP contribution >= 0.6 is 0 Å². The van der Waals surface area contributed by atoms with Crippen LogP contribution in [0.1, 0.15) is 11.3 Å². The molecule has 1 aromatic heterocycles. The lowest BCUT2D eigenvalue weighted by molar-refractivity contribution is -0.385. The van der Waals surface area contributed by atoms with Crippen LogP contribution in [0.5, 0.6) is 0 Å². The Hall–Kier alpha value is -2.42. The van der Waals surface area contributed by atoms with Crippen molar-refractivity contribution < 1.29 is 13.3 Å². The third-order valence-corrected chi connectivity index (χ3v) is 4.23. The highest BCUT2D eigenvalue weighted by Gasteiger charge is 2.20. The van der Waals surface area contributed by atoms with Gasteiger partial charge in [-0.2, -0.15) is 5.10 Å². The summed E-state index contributed by atoms with van der Waals surface area (Å²) in [5, 5.41) is 17.0. The summed E-state index contributed by atoms with van der Waals surface area (Å²) >= 11 is 0. The first kappa shape index (κ1) is 14.0. The Balaban J connectivity index is 2.38. The number of rotatable bonds is 4. The molecule has 0 spiro atoms. The smallest absolute Gasteiger partial charge is 0.274 e. The van der Waals surface area contributed by atoms with E-state index in [0.29, 0.717) is 11.3 Å². The number of nitro groups is 1. The molecule has 0 aliphatic carbocycles. The molecule has 0 bridgehead atoms. The Morgan fingerprint density at radius 1 is 1.35 bits per heavy atom. The third-order valence-electron chi connectivity index (χ3n) is 2.73. The normalized spacial score (nSPS) is 11.3. The molecule has 0 unspecified atom stereocenters. The van der Waals surface area contributed by atoms with Gasteiger partial charge in [-0.1, -0.05) is 6.07 Å². The van der Waals surface area contributed by atoms with Crippen LogP contribution in [0.2, 0.25) is 0 Å². The van der Waals surface area contributed by atoms with Gasteiger partial charge in [-0.05, 0) is 19.9 Å². The van der Waals surface area contributed by atoms with Crippen LogP contribution in [0.4, 0.5) is 11.4 Å². The Morgan fingerprint density at radius 2 is 2.05 bits per heavy atom. The summed E-state index contributed by atoms with van der Waals surface area (Å²) < 4.78 is 26.5. The summed E-state index contributed by atoms with van der Waals surface area (Å²) in [6.45, 7) is 3.15. The molecule has 106 valence electrons. The molecule has 9 heteroatoms. The minimum absolute atomic E-state index is 0.000674. The predicted octanol–water partition coefficient (Wildman–Crippen LogP) is 1.74. The number of nitro benzene ring substituents is 1. The summed E-state index contributed by atoms with van der Waals surface area (Å²) in [6, 6.07) is 4.13. The second kappa shape index (κ2) is 4.93. The van der Waals surface area contributed by atoms with Crippen molar-refractivity contribution in [3.05, 3.63) is 45.8 Å². The van der Waals surface area contributed by atoms with Gasteiger partial charge in [0, 0.05) is 11.6 Å². The van der Waals surface area contributed by atoms with E-state index >= 15 is 0 Å². The first-order valence-electron chi connectivity index (χ1n) is 5.59. The van der Waals surface area contributed by atoms with Crippen LogP contribution in [-0.4, -0.2) is 23.5 Å². The molecule has 0 radical (unpaired) electrons. The van der Waals surface area contributed by atoms with Crippen LogP contribution in [0, 0.1) is 24.0 Å². The topological polar surface area (TPSA) is 118 Å². The standard InChI is InChI=1S/C11H12N4O4S/c1-7-3-4-9(5-10(7)15(16)17)14-20(18,19)11-6-12-13-8(11)2/h3-6,14H,1-2H3,(H,12,13). The number of aryl methyl sites for hydroxylation is 2. The Bertz CT molecular complexity index is 766. The Labute approximate surface area is 115 Å². The van der Waals surface area contributed by atoms with E-state index in [1.165, 1.54) is 24.4 Å². The number of hydrogen-bond acceptors (Lipinski definition) is 5. The molecule has 1 heterocycles. The molecule has 0 aliphatic rings. The molecular formula is C11H12N4O4S. The zero-order chi connectivity index (χ0) is 14.9. The molecule has 0 amide bonds. The van der Waals surface area contributed by atoms with Gasteiger partial charge < -0.3 is 0 Å². The van der Waals surface area contributed by atoms with Gasteiger partial charge in [0.05, 0.1) is 22.5 Å². The van der Waals surface area contributed by atoms with E-state index in [4.69, 9.17) is 0 Å². The highest BCUT2D eigenvalue weighted by molar-refractivity contribution is 7.92. The van der Waals surface area contributed by atoms with Gasteiger partial charge in [-0.3, -0.25) is 19.9 Å². The van der Waals surface area contributed by atoms with Gasteiger partial charge >= 0.3 is 0 Å². The van der Waals surface area contributed by atoms with Crippen molar-refractivity contribution in [3.63, 3.8) is 0 Å². The monoisotopic (exact) mass is 296 g/mol. The lowest BCUT2D eigenvalue weighted by Gasteiger charge is -2.07. The molecule has 0 fully saturated rings. The van der Waals surface area contributed by atoms with Crippen LogP contribution in [0.25, 0.3) is 0 Å². The molecule has 2 aromatic rings. The minimum Gasteiger partial charge on any atom is -0.281 e. The van der Waals surface area contributed by atoms with E-state index in [1.807, 2.05) is 0 Å². The number of nitrogens with one attached hydrogen (secondary N) is 2. The molecule has 20 heavy (non-hydrogen) atoms. The van der Waals surface area contributed by atoms with E-state index in [0.717, 1.165) is 0 Å². The van der Waals surface area contributed by atoms with Crippen LogP contribution < -0.4 is 4.72 Å². The van der Waals surface area contributed by atoms with Crippen molar-refractivity contribution in [2.45, 2.75) is 18.7 Å². The fourth-order valence-electron chi connectivity index (χ4n) is 1.69. The van der Waals surface area contributed by atoms with Gasteiger partial charge in [-0.25, -0.2) is 8.42 Å². The quantitative estimate of drug-likeness (QED) is 0.658. The predicted molar refractivity (Wildman–Crippen MR) is 72.0 cm³/mol. The van der Waals surface area contributed by atoms with Gasteiger partial charge in [0.15, 0.2) is 0 Å². The van der Waals surface area contributed by atoms with Crippen LogP contribution in [0.15, 0.2) is 29.3 Å². The number of H-pyrrole nitrogens is 1. The maximum Gasteiger partial charge on any atom is 0.274 e. The SMILES string of the molecule is Cc1ccc(NS(=O)(=O)c2cn[nH]c2C)cc1[N+](=O)[O-]. The lowest BCUT2D eigenvalue weighted by atomic mass is 10.2. The summed E-state index contributed by atoms with van der Waals surface area (Å²) in [4.78, 5) is 10.3. The Morgan fingerprint density at radius 3 is 2.60 bits per heavy atom. The highest BCUT2D eigenvalue weighted by Crippen LogP contribution is 2.24. The van der Waals surface area contributed by atoms with E-state index in [2.05, 4.69) is 14.9 Å². The van der Waals surface area contributed by atoms with Crippen molar-refractivity contribution in [1.82, 2.24) is 10.2 Å². The van der Waals surface area contributed by atoms with E-state index in [-0.39, 0.29) is 16.3 Å². The zero-order valence-corrected chi connectivity index (χ0v) is 11.6. The first-order chi connectivity index (χ1) is 9.31. The molecule has 0 aliphatic heterocycles. The average molecular weight is 296 g/mol. The summed E-state index contributed by atoms with van der Waals surface area (Å²) in [7, 11) is -3.82. The van der Waals surface area contributed by atoms with Crippen molar-refractivity contribution in [2.24, 2.45) is 0 Å². The van der Waals surface area contributed by atoms with Crippen LogP contribution in [0.3, 0.4) is 0 Å². The van der Waals surface area contributed by atoms with Gasteiger partial charge in [0.1, 0.15) is 4.90 Å². The number of benzene rings is 1. The molecule has 0 saturated heterocycles. The van der Waals surface area contributed by atoms with Gasteiger partial charge in [0.2, 0.25) is 0 Å². The van der Waals surface area contributed by atoms with Crippen molar-refractivity contribution in [2.75, 3.05) is 4.72 Å². The first-order valence-corrected chi connectivity index (χ1v) is 7.07. The number of anilines is 1. The zero-order valence-electron chi connectivity index (χ0n) is 10.7. The van der Waals surface area contributed by atoms with Crippen molar-refractivity contribution in [1.29, 1.82) is 0 Å². The average Bonchev–Trinajstić information content (AvgIpc) is 2.78. The molecule has 0 atom stereocenters. The maximum absolute atomic E-state index is 12.1. The third kappa shape index (κ3) is 2.62. The maximum atomic E-state index is 12.1. The summed E-state index contributed by atoms with van der Waals surface area (Å²) in [5.41, 5.74) is 0.827. The molecule has 8 nitrogen and oxygen atoms in total. The number of aromatic nitrogens is 2. The Kier molecular flexibility index (Phi) is 3.45. The lowest BCUT2D eigenvalue weighted by Crippen LogP contribution is -2.13. The largest absolute Gasteiger partial charge is 0.281 e. The van der Waals surface area contributed by atoms with Crippen molar-refractivity contribution in [3.8, 4) is 0 Å². The second-order valence-electron chi connectivity index (χ2n) is 4.22. The fourth-order valence-corrected chi connectivity index (χ4v) is 2.88. The second-order valence-corrected chi connectivity index (χ2v) is 5.87.